The van der Waals surface area contributed by atoms with Gasteiger partial charge in [0.25, 0.3) is 12.3 Å². The number of rotatable bonds is 8. The second kappa shape index (κ2) is 11.5. The summed E-state index contributed by atoms with van der Waals surface area (Å²) in [6, 6.07) is 5.19. The molecule has 2 saturated heterocycles. The van der Waals surface area contributed by atoms with Crippen LogP contribution in [0.5, 0.6) is 0 Å². The Labute approximate surface area is 213 Å². The van der Waals surface area contributed by atoms with Crippen LogP contribution in [0.4, 0.5) is 13.6 Å². The molecule has 0 aliphatic carbocycles. The van der Waals surface area contributed by atoms with E-state index in [2.05, 4.69) is 30.7 Å². The highest BCUT2D eigenvalue weighted by atomic mass is 19.3. The zero-order valence-corrected chi connectivity index (χ0v) is 20.7. The Balaban J connectivity index is 1.32. The number of carbonyl (C=O) groups excluding carboxylic acids is 2. The molecule has 37 heavy (non-hydrogen) atoms. The van der Waals surface area contributed by atoms with Crippen LogP contribution in [0, 0.1) is 5.41 Å². The molecule has 0 radical (unpaired) electrons. The molecule has 11 nitrogen and oxygen atoms in total. The first-order valence-electron chi connectivity index (χ1n) is 12.0. The molecule has 0 unspecified atom stereocenters. The zero-order chi connectivity index (χ0) is 26.5. The highest BCUT2D eigenvalue weighted by Crippen LogP contribution is 2.22. The van der Waals surface area contributed by atoms with Gasteiger partial charge in [0.05, 0.1) is 23.6 Å². The van der Waals surface area contributed by atoms with E-state index in [-0.39, 0.29) is 23.5 Å². The molecule has 2 fully saturated rings. The van der Waals surface area contributed by atoms with Crippen molar-refractivity contribution < 1.29 is 18.4 Å². The lowest BCUT2D eigenvalue weighted by atomic mass is 9.97. The summed E-state index contributed by atoms with van der Waals surface area (Å²) >= 11 is 0. The third-order valence-corrected chi connectivity index (χ3v) is 6.54. The maximum Gasteiger partial charge on any atom is 0.319 e. The van der Waals surface area contributed by atoms with E-state index in [0.717, 1.165) is 12.8 Å². The molecule has 2 aliphatic rings. The normalized spacial score (nSPS) is 17.4. The third kappa shape index (κ3) is 6.28. The number of H-pyrrole nitrogens is 1. The predicted octanol–water partition coefficient (Wildman–Crippen LogP) is 1.75. The molecule has 2 aliphatic heterocycles. The molecule has 0 saturated carbocycles. The van der Waals surface area contributed by atoms with Crippen molar-refractivity contribution in [2.75, 3.05) is 40.3 Å². The molecule has 0 atom stereocenters. The zero-order valence-electron chi connectivity index (χ0n) is 20.7. The fraction of sp³-hybridized carbons (Fsp3) is 0.458. The standard InChI is InChI=1S/C24H31F2N9O2/c1-33(2)24(37)34-8-6-17(7-9-34)35-13-16(14-35)28-12-20(21(27)22(25)26)32-23(36)19-5-3-4-18(31-19)15-10-29-30-11-15/h3-5,10-12,16-17,22,27-28H,6-9,13-14H2,1-2H3,(H,29,30)(H,32,36)/b20-12+,27-21?. The van der Waals surface area contributed by atoms with E-state index in [1.54, 1.807) is 43.5 Å². The van der Waals surface area contributed by atoms with Crippen LogP contribution in [0.25, 0.3) is 11.3 Å². The van der Waals surface area contributed by atoms with E-state index < -0.39 is 18.0 Å². The number of piperidine rings is 1. The van der Waals surface area contributed by atoms with Gasteiger partial charge in [-0.3, -0.25) is 20.2 Å². The summed E-state index contributed by atoms with van der Waals surface area (Å²) < 4.78 is 26.7. The van der Waals surface area contributed by atoms with E-state index >= 15 is 0 Å². The summed E-state index contributed by atoms with van der Waals surface area (Å²) in [5.41, 5.74) is -0.0802. The molecule has 0 aromatic carbocycles. The van der Waals surface area contributed by atoms with Gasteiger partial charge >= 0.3 is 6.03 Å². The fourth-order valence-corrected chi connectivity index (χ4v) is 4.42. The Bertz CT molecular complexity index is 1140. The molecule has 4 heterocycles. The van der Waals surface area contributed by atoms with Gasteiger partial charge in [0.15, 0.2) is 0 Å². The van der Waals surface area contributed by atoms with Gasteiger partial charge in [-0.25, -0.2) is 18.6 Å². The van der Waals surface area contributed by atoms with Gasteiger partial charge in [-0.05, 0) is 25.0 Å². The Morgan fingerprint density at radius 2 is 1.97 bits per heavy atom. The number of hydrogen-bond acceptors (Lipinski definition) is 7. The van der Waals surface area contributed by atoms with Crippen molar-refractivity contribution in [2.24, 2.45) is 0 Å². The maximum atomic E-state index is 13.3. The number of hydrogen-bond donors (Lipinski definition) is 4. The molecule has 4 N–H and O–H groups in total. The lowest BCUT2D eigenvalue weighted by Gasteiger charge is -2.47. The van der Waals surface area contributed by atoms with Crippen LogP contribution in [-0.2, 0) is 0 Å². The number of allylic oxidation sites excluding steroid dienone is 1. The molecule has 13 heteroatoms. The summed E-state index contributed by atoms with van der Waals surface area (Å²) in [5, 5.41) is 19.8. The minimum atomic E-state index is -3.05. The predicted molar refractivity (Wildman–Crippen MR) is 133 cm³/mol. The van der Waals surface area contributed by atoms with E-state index in [4.69, 9.17) is 5.41 Å². The van der Waals surface area contributed by atoms with E-state index in [1.165, 1.54) is 12.3 Å². The van der Waals surface area contributed by atoms with Gasteiger partial charge in [-0.2, -0.15) is 5.10 Å². The van der Waals surface area contributed by atoms with Crippen molar-refractivity contribution in [1.82, 2.24) is 40.5 Å². The van der Waals surface area contributed by atoms with Crippen LogP contribution in [0.2, 0.25) is 0 Å². The van der Waals surface area contributed by atoms with Crippen molar-refractivity contribution in [2.45, 2.75) is 31.4 Å². The minimum Gasteiger partial charge on any atom is -0.384 e. The van der Waals surface area contributed by atoms with Gasteiger partial charge in [0.2, 0.25) is 0 Å². The maximum absolute atomic E-state index is 13.3. The summed E-state index contributed by atoms with van der Waals surface area (Å²) in [4.78, 5) is 34.9. The smallest absolute Gasteiger partial charge is 0.319 e. The Hall–Kier alpha value is -3.87. The largest absolute Gasteiger partial charge is 0.384 e. The molecular weight excluding hydrogens is 484 g/mol. The van der Waals surface area contributed by atoms with Crippen molar-refractivity contribution in [3.8, 4) is 11.3 Å². The lowest BCUT2D eigenvalue weighted by molar-refractivity contribution is 0.0452. The summed E-state index contributed by atoms with van der Waals surface area (Å²) in [5.74, 6) is -0.696. The van der Waals surface area contributed by atoms with Crippen LogP contribution in [0.3, 0.4) is 0 Å². The molecular formula is C24H31F2N9O2. The number of aromatic nitrogens is 3. The first-order valence-corrected chi connectivity index (χ1v) is 12.0. The lowest BCUT2D eigenvalue weighted by Crippen LogP contribution is -2.62. The average Bonchev–Trinajstić information content (AvgIpc) is 3.41. The molecule has 2 aromatic rings. The van der Waals surface area contributed by atoms with E-state index in [1.807, 2.05) is 4.90 Å². The highest BCUT2D eigenvalue weighted by Gasteiger charge is 2.35. The second-order valence-electron chi connectivity index (χ2n) is 9.33. The second-order valence-corrected chi connectivity index (χ2v) is 9.33. The number of halogens is 2. The van der Waals surface area contributed by atoms with Crippen molar-refractivity contribution in [1.29, 1.82) is 5.41 Å². The van der Waals surface area contributed by atoms with Crippen LogP contribution in [0.1, 0.15) is 23.3 Å². The fourth-order valence-electron chi connectivity index (χ4n) is 4.42. The van der Waals surface area contributed by atoms with Gasteiger partial charge < -0.3 is 20.4 Å². The van der Waals surface area contributed by atoms with Gasteiger partial charge in [0, 0.05) is 64.3 Å². The number of nitrogens with one attached hydrogen (secondary N) is 4. The first kappa shape index (κ1) is 26.2. The number of aromatic amines is 1. The van der Waals surface area contributed by atoms with E-state index in [0.29, 0.717) is 43.5 Å². The Kier molecular flexibility index (Phi) is 8.11. The third-order valence-electron chi connectivity index (χ3n) is 6.54. The molecule has 4 rings (SSSR count). The topological polar surface area (TPSA) is 133 Å². The van der Waals surface area contributed by atoms with Crippen molar-refractivity contribution in [3.05, 3.63) is 48.2 Å². The molecule has 2 aromatic heterocycles. The van der Waals surface area contributed by atoms with Crippen molar-refractivity contribution in [3.63, 3.8) is 0 Å². The summed E-state index contributed by atoms with van der Waals surface area (Å²) in [7, 11) is 3.49. The Morgan fingerprint density at radius 1 is 1.24 bits per heavy atom. The Morgan fingerprint density at radius 3 is 2.59 bits per heavy atom. The highest BCUT2D eigenvalue weighted by molar-refractivity contribution is 6.05. The number of pyridine rings is 1. The molecule has 0 bridgehead atoms. The molecule has 3 amide bonds. The summed E-state index contributed by atoms with van der Waals surface area (Å²) in [6.07, 6.45) is 3.16. The molecule has 0 spiro atoms. The van der Waals surface area contributed by atoms with Crippen LogP contribution in [-0.4, -0.2) is 106 Å². The number of urea groups is 1. The monoisotopic (exact) mass is 515 g/mol. The van der Waals surface area contributed by atoms with E-state index in [9.17, 15) is 18.4 Å². The minimum absolute atomic E-state index is 0.00125. The van der Waals surface area contributed by atoms with Crippen LogP contribution >= 0.6 is 0 Å². The van der Waals surface area contributed by atoms with Crippen molar-refractivity contribution >= 4 is 17.6 Å². The first-order chi connectivity index (χ1) is 17.7. The number of likely N-dealkylation sites (tertiary alicyclic amines) is 2. The van der Waals surface area contributed by atoms with Crippen LogP contribution < -0.4 is 10.6 Å². The summed E-state index contributed by atoms with van der Waals surface area (Å²) in [6.45, 7) is 2.82. The number of amides is 3. The number of carbonyl (C=O) groups is 2. The molecule has 198 valence electrons. The SMILES string of the molecule is CN(C)C(=O)N1CCC(N2CC(N/C=C(/NC(=O)c3cccc(-c4cn[nH]c4)n3)C(=N)C(F)F)C2)CC1. The number of alkyl halides is 2. The quantitative estimate of drug-likeness (QED) is 0.396. The number of nitrogens with zero attached hydrogens (tertiary/aromatic N) is 5. The average molecular weight is 516 g/mol. The van der Waals surface area contributed by atoms with Gasteiger partial charge in [-0.1, -0.05) is 6.07 Å². The van der Waals surface area contributed by atoms with Gasteiger partial charge in [0.1, 0.15) is 11.4 Å². The van der Waals surface area contributed by atoms with Gasteiger partial charge in [-0.15, -0.1) is 0 Å². The van der Waals surface area contributed by atoms with Crippen LogP contribution in [0.15, 0.2) is 42.5 Å².